The van der Waals surface area contributed by atoms with Gasteiger partial charge in [0.25, 0.3) is 0 Å². The molecule has 94 valence electrons. The summed E-state index contributed by atoms with van der Waals surface area (Å²) in [4.78, 5) is 21.1. The molecule has 0 bridgehead atoms. The number of halogens is 2. The minimum absolute atomic E-state index is 0.0236. The molecule has 1 N–H and O–H groups in total. The van der Waals surface area contributed by atoms with Crippen LogP contribution in [0.25, 0.3) is 0 Å². The third kappa shape index (κ3) is 9.01. The van der Waals surface area contributed by atoms with Crippen molar-refractivity contribution in [3.63, 3.8) is 0 Å². The average molecular weight is 411 g/mol. The Balaban J connectivity index is 3.65. The predicted octanol–water partition coefficient (Wildman–Crippen LogP) is 2.77. The summed E-state index contributed by atoms with van der Waals surface area (Å²) in [5, 5.41) is 8.72. The zero-order valence-corrected chi connectivity index (χ0v) is 12.3. The molecule has 0 saturated carbocycles. The molecular formula is C8H12BrIO6. The first-order chi connectivity index (χ1) is 7.45. The molecule has 0 aromatic heterocycles. The van der Waals surface area contributed by atoms with Crippen LogP contribution >= 0.6 is 38.5 Å². The van der Waals surface area contributed by atoms with Gasteiger partial charge in [0.1, 0.15) is 6.10 Å². The van der Waals surface area contributed by atoms with Crippen molar-refractivity contribution in [3.05, 3.63) is 0 Å². The van der Waals surface area contributed by atoms with Crippen molar-refractivity contribution in [1.82, 2.24) is 0 Å². The number of carbonyl (C=O) groups excluding carboxylic acids is 1. The van der Waals surface area contributed by atoms with Gasteiger partial charge in [-0.15, -0.1) is 0 Å². The maximum absolute atomic E-state index is 11.1. The minimum atomic E-state index is -1.35. The second kappa shape index (κ2) is 8.85. The monoisotopic (exact) mass is 410 g/mol. The number of rotatable bonds is 6. The van der Waals surface area contributed by atoms with Crippen LogP contribution in [0.5, 0.6) is 0 Å². The van der Waals surface area contributed by atoms with Gasteiger partial charge in [-0.3, -0.25) is 0 Å². The Morgan fingerprint density at radius 3 is 2.56 bits per heavy atom. The van der Waals surface area contributed by atoms with Gasteiger partial charge in [0, 0.05) is 11.8 Å². The SMILES string of the molecule is CC(CBr)OC(=O)OC(I)CCOC(=O)O. The van der Waals surface area contributed by atoms with Crippen molar-refractivity contribution in [1.29, 1.82) is 0 Å². The maximum Gasteiger partial charge on any atom is 0.509 e. The van der Waals surface area contributed by atoms with Crippen LogP contribution < -0.4 is 0 Å². The summed E-state index contributed by atoms with van der Waals surface area (Å²) in [5.74, 6) is 0. The summed E-state index contributed by atoms with van der Waals surface area (Å²) in [6, 6.07) is 0. The summed E-state index contributed by atoms with van der Waals surface area (Å²) in [7, 11) is 0. The molecule has 0 aliphatic heterocycles. The van der Waals surface area contributed by atoms with Crippen LogP contribution in [0.1, 0.15) is 13.3 Å². The molecule has 0 saturated heterocycles. The first-order valence-corrected chi connectivity index (χ1v) is 6.75. The van der Waals surface area contributed by atoms with Crippen molar-refractivity contribution in [2.24, 2.45) is 0 Å². The highest BCUT2D eigenvalue weighted by Gasteiger charge is 2.15. The van der Waals surface area contributed by atoms with Crippen molar-refractivity contribution < 1.29 is 28.9 Å². The van der Waals surface area contributed by atoms with Gasteiger partial charge in [0.05, 0.1) is 6.61 Å². The zero-order chi connectivity index (χ0) is 12.6. The third-order valence-electron chi connectivity index (χ3n) is 1.31. The average Bonchev–Trinajstić information content (AvgIpc) is 2.16. The summed E-state index contributed by atoms with van der Waals surface area (Å²) in [6.07, 6.45) is -2.11. The summed E-state index contributed by atoms with van der Waals surface area (Å²) in [6.45, 7) is 1.69. The number of carboxylic acid groups (broad SMARTS) is 1. The molecule has 0 aromatic carbocycles. The molecule has 0 heterocycles. The van der Waals surface area contributed by atoms with Crippen molar-refractivity contribution in [3.8, 4) is 0 Å². The number of hydrogen-bond acceptors (Lipinski definition) is 5. The standard InChI is InChI=1S/C8H12BrIO6/c1-5(4-9)15-8(13)16-6(10)2-3-14-7(11)12/h5-6H,2-4H2,1H3,(H,11,12). The fourth-order valence-electron chi connectivity index (χ4n) is 0.626. The minimum Gasteiger partial charge on any atom is -0.450 e. The van der Waals surface area contributed by atoms with Gasteiger partial charge in [0.15, 0.2) is 4.11 Å². The summed E-state index contributed by atoms with van der Waals surface area (Å²) < 4.78 is 13.5. The number of ether oxygens (including phenoxy) is 3. The lowest BCUT2D eigenvalue weighted by Gasteiger charge is -2.13. The van der Waals surface area contributed by atoms with Gasteiger partial charge in [-0.05, 0) is 29.5 Å². The van der Waals surface area contributed by atoms with Gasteiger partial charge in [-0.2, -0.15) is 0 Å². The van der Waals surface area contributed by atoms with E-state index in [4.69, 9.17) is 14.6 Å². The quantitative estimate of drug-likeness (QED) is 0.412. The van der Waals surface area contributed by atoms with E-state index in [-0.39, 0.29) is 19.1 Å². The van der Waals surface area contributed by atoms with Crippen LogP contribution in [0, 0.1) is 0 Å². The van der Waals surface area contributed by atoms with E-state index in [0.29, 0.717) is 5.33 Å². The highest BCUT2D eigenvalue weighted by molar-refractivity contribution is 14.1. The highest BCUT2D eigenvalue weighted by Crippen LogP contribution is 2.10. The van der Waals surface area contributed by atoms with E-state index >= 15 is 0 Å². The van der Waals surface area contributed by atoms with Crippen LogP contribution in [-0.4, -0.2) is 39.6 Å². The number of alkyl halides is 2. The molecule has 0 fully saturated rings. The van der Waals surface area contributed by atoms with E-state index in [1.54, 1.807) is 6.92 Å². The molecule has 0 aliphatic rings. The van der Waals surface area contributed by atoms with Gasteiger partial charge < -0.3 is 19.3 Å². The predicted molar refractivity (Wildman–Crippen MR) is 67.2 cm³/mol. The molecule has 0 spiro atoms. The Labute approximate surface area is 115 Å². The highest BCUT2D eigenvalue weighted by atomic mass is 127. The molecule has 0 amide bonds. The Kier molecular flexibility index (Phi) is 8.71. The van der Waals surface area contributed by atoms with E-state index in [1.165, 1.54) is 0 Å². The Hall–Kier alpha value is -0.250. The lowest BCUT2D eigenvalue weighted by Crippen LogP contribution is -2.21. The van der Waals surface area contributed by atoms with Gasteiger partial charge >= 0.3 is 12.3 Å². The Morgan fingerprint density at radius 2 is 2.06 bits per heavy atom. The molecule has 0 aliphatic carbocycles. The first kappa shape index (κ1) is 15.8. The van der Waals surface area contributed by atoms with Crippen LogP contribution in [0.3, 0.4) is 0 Å². The van der Waals surface area contributed by atoms with Crippen LogP contribution in [-0.2, 0) is 14.2 Å². The number of carbonyl (C=O) groups is 2. The van der Waals surface area contributed by atoms with Gasteiger partial charge in [-0.1, -0.05) is 15.9 Å². The maximum atomic E-state index is 11.1. The second-order valence-corrected chi connectivity index (χ2v) is 4.80. The van der Waals surface area contributed by atoms with E-state index in [0.717, 1.165) is 0 Å². The van der Waals surface area contributed by atoms with Crippen LogP contribution in [0.15, 0.2) is 0 Å². The smallest absolute Gasteiger partial charge is 0.450 e. The van der Waals surface area contributed by atoms with Crippen LogP contribution in [0.2, 0.25) is 0 Å². The Bertz CT molecular complexity index is 237. The molecule has 0 rings (SSSR count). The van der Waals surface area contributed by atoms with E-state index in [1.807, 2.05) is 22.6 Å². The van der Waals surface area contributed by atoms with E-state index < -0.39 is 16.4 Å². The molecule has 16 heavy (non-hydrogen) atoms. The lowest BCUT2D eigenvalue weighted by molar-refractivity contribution is 0.0258. The first-order valence-electron chi connectivity index (χ1n) is 4.38. The summed E-state index contributed by atoms with van der Waals surface area (Å²) in [5.41, 5.74) is 0. The van der Waals surface area contributed by atoms with E-state index in [9.17, 15) is 9.59 Å². The lowest BCUT2D eigenvalue weighted by atomic mass is 10.5. The molecule has 6 nitrogen and oxygen atoms in total. The Morgan fingerprint density at radius 1 is 1.44 bits per heavy atom. The molecule has 2 unspecified atom stereocenters. The molecule has 2 atom stereocenters. The van der Waals surface area contributed by atoms with Crippen molar-refractivity contribution in [2.45, 2.75) is 23.6 Å². The molecular weight excluding hydrogens is 399 g/mol. The second-order valence-electron chi connectivity index (χ2n) is 2.76. The van der Waals surface area contributed by atoms with Gasteiger partial charge in [0.2, 0.25) is 0 Å². The van der Waals surface area contributed by atoms with E-state index in [2.05, 4.69) is 20.7 Å². The third-order valence-corrected chi connectivity index (χ3v) is 3.10. The topological polar surface area (TPSA) is 82.1 Å². The largest absolute Gasteiger partial charge is 0.509 e. The fourth-order valence-corrected chi connectivity index (χ4v) is 1.22. The molecule has 8 heteroatoms. The normalized spacial score (nSPS) is 13.7. The zero-order valence-electron chi connectivity index (χ0n) is 8.52. The summed E-state index contributed by atoms with van der Waals surface area (Å²) >= 11 is 5.00. The van der Waals surface area contributed by atoms with Crippen LogP contribution in [0.4, 0.5) is 9.59 Å². The fraction of sp³-hybridized carbons (Fsp3) is 0.750. The molecule has 0 radical (unpaired) electrons. The number of hydrogen-bond donors (Lipinski definition) is 1. The molecule has 0 aromatic rings. The van der Waals surface area contributed by atoms with Gasteiger partial charge in [-0.25, -0.2) is 9.59 Å². The van der Waals surface area contributed by atoms with Crippen molar-refractivity contribution in [2.75, 3.05) is 11.9 Å². The van der Waals surface area contributed by atoms with Crippen molar-refractivity contribution >= 4 is 50.8 Å².